The van der Waals surface area contributed by atoms with Crippen molar-refractivity contribution in [2.45, 2.75) is 12.5 Å². The maximum atomic E-state index is 12.8. The van der Waals surface area contributed by atoms with Crippen LogP contribution in [0.5, 0.6) is 5.75 Å². The van der Waals surface area contributed by atoms with Crippen molar-refractivity contribution in [3.8, 4) is 16.9 Å². The number of nitrogens with one attached hydrogen (secondary N) is 1. The Labute approximate surface area is 194 Å². The Hall–Kier alpha value is -4.72. The van der Waals surface area contributed by atoms with Gasteiger partial charge in [-0.25, -0.2) is 4.79 Å². The number of amides is 1. The van der Waals surface area contributed by atoms with Crippen molar-refractivity contribution in [3.05, 3.63) is 106 Å². The van der Waals surface area contributed by atoms with Crippen LogP contribution in [0.3, 0.4) is 0 Å². The highest BCUT2D eigenvalue weighted by molar-refractivity contribution is 6.02. The summed E-state index contributed by atoms with van der Waals surface area (Å²) in [5.41, 5.74) is 1.23. The summed E-state index contributed by atoms with van der Waals surface area (Å²) in [4.78, 5) is 35.8. The molecule has 1 amide bonds. The average molecular weight is 456 g/mol. The van der Waals surface area contributed by atoms with Crippen LogP contribution in [0.1, 0.15) is 15.9 Å². The van der Waals surface area contributed by atoms with Crippen LogP contribution in [0.15, 0.2) is 84.9 Å². The molecule has 34 heavy (non-hydrogen) atoms. The Morgan fingerprint density at radius 3 is 2.21 bits per heavy atom. The summed E-state index contributed by atoms with van der Waals surface area (Å²) >= 11 is 0. The highest BCUT2D eigenvalue weighted by atomic mass is 16.6. The number of benzene rings is 4. The van der Waals surface area contributed by atoms with Gasteiger partial charge in [0.2, 0.25) is 0 Å². The van der Waals surface area contributed by atoms with Gasteiger partial charge in [-0.15, -0.1) is 0 Å². The van der Waals surface area contributed by atoms with Crippen LogP contribution in [-0.4, -0.2) is 33.1 Å². The van der Waals surface area contributed by atoms with Gasteiger partial charge in [0, 0.05) is 12.5 Å². The first-order valence-corrected chi connectivity index (χ1v) is 10.4. The molecule has 0 saturated heterocycles. The molecule has 0 heterocycles. The molecule has 4 rings (SSSR count). The molecular weight excluding hydrogens is 436 g/mol. The van der Waals surface area contributed by atoms with E-state index in [-0.39, 0.29) is 23.4 Å². The second kappa shape index (κ2) is 9.41. The van der Waals surface area contributed by atoms with Crippen LogP contribution >= 0.6 is 0 Å². The van der Waals surface area contributed by atoms with Crippen LogP contribution < -0.4 is 5.32 Å². The number of aliphatic carboxylic acids is 1. The van der Waals surface area contributed by atoms with E-state index < -0.39 is 22.8 Å². The molecule has 0 aliphatic rings. The zero-order valence-corrected chi connectivity index (χ0v) is 17.8. The molecule has 8 nitrogen and oxygen atoms in total. The van der Waals surface area contributed by atoms with Crippen LogP contribution in [-0.2, 0) is 11.2 Å². The minimum absolute atomic E-state index is 0.0599. The van der Waals surface area contributed by atoms with E-state index in [4.69, 9.17) is 0 Å². The number of carboxylic acids is 1. The number of nitrogens with zero attached hydrogens (tertiary/aromatic N) is 1. The Morgan fingerprint density at radius 2 is 1.56 bits per heavy atom. The number of hydrogen-bond donors (Lipinski definition) is 3. The highest BCUT2D eigenvalue weighted by Crippen LogP contribution is 2.31. The molecule has 1 atom stereocenters. The number of fused-ring (bicyclic) bond motifs is 1. The molecule has 0 bridgehead atoms. The van der Waals surface area contributed by atoms with Gasteiger partial charge in [0.15, 0.2) is 0 Å². The average Bonchev–Trinajstić information content (AvgIpc) is 2.83. The van der Waals surface area contributed by atoms with E-state index >= 15 is 0 Å². The molecule has 0 unspecified atom stereocenters. The summed E-state index contributed by atoms with van der Waals surface area (Å²) in [6, 6.07) is 22.0. The Balaban J connectivity index is 1.60. The first-order valence-electron chi connectivity index (χ1n) is 10.4. The smallest absolute Gasteiger partial charge is 0.326 e. The highest BCUT2D eigenvalue weighted by Gasteiger charge is 2.25. The number of carbonyl (C=O) groups excluding carboxylic acids is 1. The van der Waals surface area contributed by atoms with Gasteiger partial charge >= 0.3 is 5.97 Å². The van der Waals surface area contributed by atoms with Crippen LogP contribution in [0.2, 0.25) is 0 Å². The number of carbonyl (C=O) groups is 2. The fourth-order valence-corrected chi connectivity index (χ4v) is 3.80. The van der Waals surface area contributed by atoms with Gasteiger partial charge < -0.3 is 15.5 Å². The lowest BCUT2D eigenvalue weighted by Gasteiger charge is -2.16. The van der Waals surface area contributed by atoms with E-state index in [9.17, 15) is 29.9 Å². The van der Waals surface area contributed by atoms with Gasteiger partial charge in [-0.1, -0.05) is 60.7 Å². The van der Waals surface area contributed by atoms with Crippen molar-refractivity contribution in [2.24, 2.45) is 0 Å². The molecule has 3 N–H and O–H groups in total. The summed E-state index contributed by atoms with van der Waals surface area (Å²) < 4.78 is 0. The number of phenols is 1. The summed E-state index contributed by atoms with van der Waals surface area (Å²) in [7, 11) is 0. The molecule has 0 aromatic heterocycles. The van der Waals surface area contributed by atoms with Gasteiger partial charge in [0.1, 0.15) is 11.8 Å². The Kier molecular flexibility index (Phi) is 6.22. The second-order valence-electron chi connectivity index (χ2n) is 7.76. The molecule has 8 heteroatoms. The first kappa shape index (κ1) is 22.5. The number of nitro groups is 1. The lowest BCUT2D eigenvalue weighted by atomic mass is 9.98. The quantitative estimate of drug-likeness (QED) is 0.276. The maximum Gasteiger partial charge on any atom is 0.326 e. The molecule has 4 aromatic rings. The van der Waals surface area contributed by atoms with Gasteiger partial charge in [-0.2, -0.15) is 0 Å². The number of nitro benzene ring substituents is 1. The van der Waals surface area contributed by atoms with Crippen molar-refractivity contribution in [1.82, 2.24) is 5.32 Å². The normalized spacial score (nSPS) is 11.6. The summed E-state index contributed by atoms with van der Waals surface area (Å²) in [6.07, 6.45) is -0.175. The standard InChI is InChI=1S/C26H20N2O6/c29-24-15-19-9-5-4-8-18(19)14-21(24)25(30)27-22(26(31)32)12-16-10-11-20(23(13-16)28(33)34)17-6-2-1-3-7-17/h1-11,13-15,22,29H,12H2,(H,27,30)(H,31,32)/t22-/m0/s1. The molecule has 0 fully saturated rings. The van der Waals surface area contributed by atoms with Gasteiger partial charge in [-0.3, -0.25) is 14.9 Å². The molecule has 4 aromatic carbocycles. The van der Waals surface area contributed by atoms with Crippen molar-refractivity contribution in [1.29, 1.82) is 0 Å². The van der Waals surface area contributed by atoms with E-state index in [1.165, 1.54) is 18.2 Å². The zero-order valence-electron chi connectivity index (χ0n) is 17.8. The maximum absolute atomic E-state index is 12.8. The SMILES string of the molecule is O=C(N[C@@H](Cc1ccc(-c2ccccc2)c([N+](=O)[O-])c1)C(=O)O)c1cc2ccccc2cc1O. The summed E-state index contributed by atoms with van der Waals surface area (Å²) in [6.45, 7) is 0. The molecule has 0 radical (unpaired) electrons. The zero-order chi connectivity index (χ0) is 24.2. The minimum atomic E-state index is -1.36. The minimum Gasteiger partial charge on any atom is -0.507 e. The summed E-state index contributed by atoms with van der Waals surface area (Å²) in [5, 5.41) is 35.5. The fraction of sp³-hybridized carbons (Fsp3) is 0.0769. The van der Waals surface area contributed by atoms with Crippen LogP contribution in [0.4, 0.5) is 5.69 Å². The monoisotopic (exact) mass is 456 g/mol. The van der Waals surface area contributed by atoms with Crippen molar-refractivity contribution in [3.63, 3.8) is 0 Å². The third-order valence-corrected chi connectivity index (χ3v) is 5.50. The van der Waals surface area contributed by atoms with Crippen molar-refractivity contribution in [2.75, 3.05) is 0 Å². The Morgan fingerprint density at radius 1 is 0.912 bits per heavy atom. The second-order valence-corrected chi connectivity index (χ2v) is 7.76. The van der Waals surface area contributed by atoms with E-state index in [0.29, 0.717) is 22.1 Å². The number of carboxylic acid groups (broad SMARTS) is 1. The fourth-order valence-electron chi connectivity index (χ4n) is 3.80. The Bertz CT molecular complexity index is 1400. The third kappa shape index (κ3) is 4.71. The molecule has 0 aliphatic heterocycles. The number of hydrogen-bond acceptors (Lipinski definition) is 5. The lowest BCUT2D eigenvalue weighted by Crippen LogP contribution is -2.42. The topological polar surface area (TPSA) is 130 Å². The predicted molar refractivity (Wildman–Crippen MR) is 127 cm³/mol. The van der Waals surface area contributed by atoms with Gasteiger partial charge in [0.25, 0.3) is 11.6 Å². The van der Waals surface area contributed by atoms with E-state index in [2.05, 4.69) is 5.32 Å². The molecule has 0 saturated carbocycles. The molecular formula is C26H20N2O6. The third-order valence-electron chi connectivity index (χ3n) is 5.50. The predicted octanol–water partition coefficient (Wildman–Crippen LogP) is 4.55. The molecule has 0 aliphatic carbocycles. The number of rotatable bonds is 7. The lowest BCUT2D eigenvalue weighted by molar-refractivity contribution is -0.384. The van der Waals surface area contributed by atoms with Gasteiger partial charge in [0.05, 0.1) is 16.1 Å². The first-order chi connectivity index (χ1) is 16.3. The largest absolute Gasteiger partial charge is 0.507 e. The van der Waals surface area contributed by atoms with E-state index in [1.54, 1.807) is 66.7 Å². The van der Waals surface area contributed by atoms with Crippen molar-refractivity contribution >= 4 is 28.3 Å². The summed E-state index contributed by atoms with van der Waals surface area (Å²) in [5.74, 6) is -2.34. The van der Waals surface area contributed by atoms with Crippen molar-refractivity contribution < 1.29 is 24.7 Å². The van der Waals surface area contributed by atoms with Crippen LogP contribution in [0.25, 0.3) is 21.9 Å². The number of aromatic hydroxyl groups is 1. The van der Waals surface area contributed by atoms with E-state index in [1.807, 2.05) is 0 Å². The van der Waals surface area contributed by atoms with E-state index in [0.717, 1.165) is 5.39 Å². The van der Waals surface area contributed by atoms with Crippen LogP contribution in [0, 0.1) is 10.1 Å². The molecule has 0 spiro atoms. The molecule has 170 valence electrons. The number of phenolic OH excluding ortho intramolecular Hbond substituents is 1. The van der Waals surface area contributed by atoms with Gasteiger partial charge in [-0.05, 0) is 40.1 Å².